The molecule has 0 aromatic carbocycles. The largest absolute Gasteiger partial charge is 0.370 e. The molecular weight excluding hydrogens is 212 g/mol. The molecule has 0 saturated carbocycles. The van der Waals surface area contributed by atoms with Crippen molar-refractivity contribution in [2.45, 2.75) is 33.6 Å². The van der Waals surface area contributed by atoms with Crippen LogP contribution in [0, 0.1) is 5.41 Å². The highest BCUT2D eigenvalue weighted by atomic mass is 15.1. The fraction of sp³-hybridized carbons (Fsp3) is 0.692. The van der Waals surface area contributed by atoms with Gasteiger partial charge in [-0.2, -0.15) is 0 Å². The summed E-state index contributed by atoms with van der Waals surface area (Å²) in [6.45, 7) is 12.5. The third-order valence-electron chi connectivity index (χ3n) is 2.87. The van der Waals surface area contributed by atoms with Gasteiger partial charge in [-0.1, -0.05) is 6.92 Å². The SMILES string of the molecule is C=N/C(NCCCCN(C)CC)=C(/C)C(C)=N. The second-order valence-corrected chi connectivity index (χ2v) is 4.29. The fourth-order valence-electron chi connectivity index (χ4n) is 1.36. The second-order valence-electron chi connectivity index (χ2n) is 4.29. The van der Waals surface area contributed by atoms with E-state index in [2.05, 4.69) is 35.9 Å². The number of nitrogens with zero attached hydrogens (tertiary/aromatic N) is 2. The van der Waals surface area contributed by atoms with E-state index in [1.165, 1.54) is 6.42 Å². The molecule has 17 heavy (non-hydrogen) atoms. The van der Waals surface area contributed by atoms with Gasteiger partial charge in [-0.15, -0.1) is 0 Å². The smallest absolute Gasteiger partial charge is 0.129 e. The molecule has 0 spiro atoms. The maximum atomic E-state index is 7.54. The zero-order valence-corrected chi connectivity index (χ0v) is 11.6. The summed E-state index contributed by atoms with van der Waals surface area (Å²) in [5.74, 6) is 0.737. The van der Waals surface area contributed by atoms with Crippen molar-refractivity contribution in [2.24, 2.45) is 4.99 Å². The van der Waals surface area contributed by atoms with Gasteiger partial charge in [0.15, 0.2) is 0 Å². The van der Waals surface area contributed by atoms with Gasteiger partial charge in [0.2, 0.25) is 0 Å². The van der Waals surface area contributed by atoms with Crippen LogP contribution in [0.4, 0.5) is 0 Å². The third kappa shape index (κ3) is 6.89. The first-order chi connectivity index (χ1) is 8.02. The molecule has 0 heterocycles. The summed E-state index contributed by atoms with van der Waals surface area (Å²) < 4.78 is 0. The Morgan fingerprint density at radius 3 is 2.47 bits per heavy atom. The van der Waals surface area contributed by atoms with Crippen molar-refractivity contribution in [3.05, 3.63) is 11.4 Å². The van der Waals surface area contributed by atoms with E-state index >= 15 is 0 Å². The minimum absolute atomic E-state index is 0.533. The molecule has 0 aliphatic carbocycles. The number of hydrogen-bond donors (Lipinski definition) is 2. The van der Waals surface area contributed by atoms with Crippen LogP contribution in [0.1, 0.15) is 33.6 Å². The molecular formula is C13H26N4. The van der Waals surface area contributed by atoms with Gasteiger partial charge in [-0.05, 0) is 53.5 Å². The molecule has 0 rings (SSSR count). The minimum atomic E-state index is 0.533. The molecule has 98 valence electrons. The standard InChI is InChI=1S/C13H26N4/c1-6-17(5)10-8-7-9-16-13(15-4)11(2)12(3)14/h14,16H,4,6-10H2,1-3,5H3/b13-11+,14-12?. The Balaban J connectivity index is 3.91. The van der Waals surface area contributed by atoms with Crippen LogP contribution in [0.15, 0.2) is 16.4 Å². The molecule has 0 bridgehead atoms. The summed E-state index contributed by atoms with van der Waals surface area (Å²) in [5, 5.41) is 10.8. The van der Waals surface area contributed by atoms with Crippen molar-refractivity contribution < 1.29 is 0 Å². The zero-order valence-electron chi connectivity index (χ0n) is 11.6. The molecule has 2 N–H and O–H groups in total. The number of allylic oxidation sites excluding steroid dienone is 1. The van der Waals surface area contributed by atoms with Crippen molar-refractivity contribution in [3.63, 3.8) is 0 Å². The minimum Gasteiger partial charge on any atom is -0.370 e. The van der Waals surface area contributed by atoms with Gasteiger partial charge in [0.1, 0.15) is 5.82 Å². The molecule has 0 aliphatic heterocycles. The van der Waals surface area contributed by atoms with E-state index in [1.54, 1.807) is 6.92 Å². The van der Waals surface area contributed by atoms with Crippen LogP contribution < -0.4 is 5.32 Å². The number of unbranched alkanes of at least 4 members (excludes halogenated alkanes) is 1. The Bertz CT molecular complexity index is 281. The second kappa shape index (κ2) is 8.93. The van der Waals surface area contributed by atoms with E-state index < -0.39 is 0 Å². The van der Waals surface area contributed by atoms with Gasteiger partial charge in [0.05, 0.1) is 0 Å². The van der Waals surface area contributed by atoms with Gasteiger partial charge in [-0.3, -0.25) is 0 Å². The van der Waals surface area contributed by atoms with Crippen molar-refractivity contribution >= 4 is 12.4 Å². The Labute approximate surface area is 105 Å². The molecule has 0 aromatic rings. The van der Waals surface area contributed by atoms with Crippen LogP contribution in [-0.4, -0.2) is 44.0 Å². The lowest BCUT2D eigenvalue weighted by Crippen LogP contribution is -2.21. The Hall–Kier alpha value is -1.16. The summed E-state index contributed by atoms with van der Waals surface area (Å²) >= 11 is 0. The van der Waals surface area contributed by atoms with Crippen LogP contribution in [0.3, 0.4) is 0 Å². The van der Waals surface area contributed by atoms with Crippen LogP contribution in [0.25, 0.3) is 0 Å². The highest BCUT2D eigenvalue weighted by Gasteiger charge is 2.01. The number of aliphatic imine (C=N–C) groups is 1. The summed E-state index contributed by atoms with van der Waals surface area (Å²) in [7, 11) is 2.13. The fourth-order valence-corrected chi connectivity index (χ4v) is 1.36. The van der Waals surface area contributed by atoms with Crippen LogP contribution in [0.5, 0.6) is 0 Å². The molecule has 0 fully saturated rings. The molecule has 0 unspecified atom stereocenters. The van der Waals surface area contributed by atoms with E-state index in [1.807, 2.05) is 6.92 Å². The van der Waals surface area contributed by atoms with Crippen molar-refractivity contribution in [1.29, 1.82) is 5.41 Å². The highest BCUT2D eigenvalue weighted by Crippen LogP contribution is 2.03. The lowest BCUT2D eigenvalue weighted by Gasteiger charge is -2.14. The summed E-state index contributed by atoms with van der Waals surface area (Å²) in [5.41, 5.74) is 1.40. The van der Waals surface area contributed by atoms with E-state index in [-0.39, 0.29) is 0 Å². The molecule has 4 heteroatoms. The predicted octanol–water partition coefficient (Wildman–Crippen LogP) is 2.28. The predicted molar refractivity (Wildman–Crippen MR) is 76.1 cm³/mol. The quantitative estimate of drug-likeness (QED) is 0.478. The molecule has 4 nitrogen and oxygen atoms in total. The summed E-state index contributed by atoms with van der Waals surface area (Å²) in [4.78, 5) is 6.23. The van der Waals surface area contributed by atoms with Crippen LogP contribution in [0.2, 0.25) is 0 Å². The van der Waals surface area contributed by atoms with Crippen molar-refractivity contribution in [3.8, 4) is 0 Å². The molecule has 0 saturated heterocycles. The number of nitrogens with one attached hydrogen (secondary N) is 2. The van der Waals surface area contributed by atoms with E-state index in [0.29, 0.717) is 5.71 Å². The zero-order chi connectivity index (χ0) is 13.3. The van der Waals surface area contributed by atoms with Gasteiger partial charge < -0.3 is 15.6 Å². The van der Waals surface area contributed by atoms with E-state index in [0.717, 1.165) is 37.4 Å². The van der Waals surface area contributed by atoms with Gasteiger partial charge in [0, 0.05) is 17.8 Å². The monoisotopic (exact) mass is 238 g/mol. The third-order valence-corrected chi connectivity index (χ3v) is 2.87. The van der Waals surface area contributed by atoms with Crippen LogP contribution in [-0.2, 0) is 0 Å². The van der Waals surface area contributed by atoms with Gasteiger partial charge in [-0.25, -0.2) is 4.99 Å². The molecule has 0 aliphatic rings. The van der Waals surface area contributed by atoms with Gasteiger partial charge in [0.25, 0.3) is 0 Å². The van der Waals surface area contributed by atoms with E-state index in [9.17, 15) is 0 Å². The Morgan fingerprint density at radius 1 is 1.35 bits per heavy atom. The number of rotatable bonds is 9. The van der Waals surface area contributed by atoms with Gasteiger partial charge >= 0.3 is 0 Å². The lowest BCUT2D eigenvalue weighted by molar-refractivity contribution is 0.343. The number of hydrogen-bond acceptors (Lipinski definition) is 4. The van der Waals surface area contributed by atoms with Crippen molar-refractivity contribution in [1.82, 2.24) is 10.2 Å². The first kappa shape index (κ1) is 15.8. The molecule has 0 atom stereocenters. The first-order valence-electron chi connectivity index (χ1n) is 6.18. The Kier molecular flexibility index (Phi) is 8.32. The molecule has 0 aromatic heterocycles. The normalized spacial score (nSPS) is 12.3. The topological polar surface area (TPSA) is 51.5 Å². The maximum absolute atomic E-state index is 7.54. The average Bonchev–Trinajstić information content (AvgIpc) is 2.32. The van der Waals surface area contributed by atoms with Crippen molar-refractivity contribution in [2.75, 3.05) is 26.7 Å². The average molecular weight is 238 g/mol. The lowest BCUT2D eigenvalue weighted by atomic mass is 10.2. The highest BCUT2D eigenvalue weighted by molar-refractivity contribution is 5.95. The van der Waals surface area contributed by atoms with Crippen LogP contribution >= 0.6 is 0 Å². The molecule has 0 radical (unpaired) electrons. The Morgan fingerprint density at radius 2 is 2.00 bits per heavy atom. The summed E-state index contributed by atoms with van der Waals surface area (Å²) in [6.07, 6.45) is 2.28. The summed E-state index contributed by atoms with van der Waals surface area (Å²) in [6, 6.07) is 0. The van der Waals surface area contributed by atoms with E-state index in [4.69, 9.17) is 5.41 Å². The first-order valence-corrected chi connectivity index (χ1v) is 6.18. The molecule has 0 amide bonds. The maximum Gasteiger partial charge on any atom is 0.129 e.